The Kier molecular flexibility index (Phi) is 4.56. The van der Waals surface area contributed by atoms with Gasteiger partial charge in [-0.1, -0.05) is 53.7 Å². The van der Waals surface area contributed by atoms with E-state index in [1.165, 1.54) is 0 Å². The van der Waals surface area contributed by atoms with Gasteiger partial charge in [0.15, 0.2) is 5.76 Å². The summed E-state index contributed by atoms with van der Waals surface area (Å²) in [5, 5.41) is 7.20. The van der Waals surface area contributed by atoms with E-state index >= 15 is 0 Å². The van der Waals surface area contributed by atoms with Gasteiger partial charge in [0.1, 0.15) is 11.5 Å². The van der Waals surface area contributed by atoms with Gasteiger partial charge in [0.25, 0.3) is 0 Å². The maximum Gasteiger partial charge on any atom is 0.236 e. The quantitative estimate of drug-likeness (QED) is 0.447. The molecule has 0 unspecified atom stereocenters. The molecule has 5 nitrogen and oxygen atoms in total. The number of ether oxygens (including phenoxy) is 1. The van der Waals surface area contributed by atoms with Crippen LogP contribution in [-0.4, -0.2) is 11.1 Å². The minimum Gasteiger partial charge on any atom is -0.457 e. The molecule has 1 aromatic heterocycles. The van der Waals surface area contributed by atoms with Crippen LogP contribution in [0.15, 0.2) is 95.5 Å². The van der Waals surface area contributed by atoms with Crippen molar-refractivity contribution in [2.24, 2.45) is 0 Å². The summed E-state index contributed by atoms with van der Waals surface area (Å²) < 4.78 is 11.3. The Labute approximate surface area is 174 Å². The molecule has 1 aliphatic carbocycles. The molecule has 0 spiro atoms. The Bertz CT molecular complexity index is 1150. The van der Waals surface area contributed by atoms with Crippen molar-refractivity contribution in [3.8, 4) is 22.8 Å². The van der Waals surface area contributed by atoms with E-state index in [0.29, 0.717) is 17.2 Å². The zero-order chi connectivity index (χ0) is 20.4. The van der Waals surface area contributed by atoms with Crippen LogP contribution in [0.4, 0.5) is 5.69 Å². The Hall–Kier alpha value is -3.86. The lowest BCUT2D eigenvalue weighted by atomic mass is 10.00. The predicted octanol–water partition coefficient (Wildman–Crippen LogP) is 5.80. The zero-order valence-electron chi connectivity index (χ0n) is 16.2. The fourth-order valence-corrected chi connectivity index (χ4v) is 3.45. The van der Waals surface area contributed by atoms with Gasteiger partial charge in [0.05, 0.1) is 11.1 Å². The highest BCUT2D eigenvalue weighted by atomic mass is 16.5. The van der Waals surface area contributed by atoms with Crippen molar-refractivity contribution in [3.05, 3.63) is 96.7 Å². The second-order valence-electron chi connectivity index (χ2n) is 7.42. The van der Waals surface area contributed by atoms with E-state index in [0.717, 1.165) is 29.8 Å². The molecule has 1 heterocycles. The number of anilines is 1. The molecule has 0 radical (unpaired) electrons. The molecule has 0 bridgehead atoms. The Balaban J connectivity index is 1.28. The van der Waals surface area contributed by atoms with Crippen molar-refractivity contribution in [1.29, 1.82) is 0 Å². The normalized spacial score (nSPS) is 14.1. The van der Waals surface area contributed by atoms with Gasteiger partial charge in [-0.05, 0) is 49.2 Å². The van der Waals surface area contributed by atoms with Gasteiger partial charge in [-0.15, -0.1) is 0 Å². The second-order valence-corrected chi connectivity index (χ2v) is 7.42. The van der Waals surface area contributed by atoms with Crippen molar-refractivity contribution >= 4 is 11.6 Å². The summed E-state index contributed by atoms with van der Waals surface area (Å²) >= 11 is 0. The van der Waals surface area contributed by atoms with Crippen LogP contribution in [0, 0.1) is 0 Å². The third-order valence-electron chi connectivity index (χ3n) is 5.33. The van der Waals surface area contributed by atoms with Crippen LogP contribution in [0.25, 0.3) is 11.3 Å². The van der Waals surface area contributed by atoms with E-state index in [2.05, 4.69) is 10.5 Å². The number of carbonyl (C=O) groups is 1. The number of benzene rings is 3. The molecule has 5 rings (SSSR count). The average molecular weight is 396 g/mol. The molecule has 1 aliphatic rings. The van der Waals surface area contributed by atoms with Crippen LogP contribution < -0.4 is 10.1 Å². The number of nitrogens with zero attached hydrogens (tertiary/aromatic N) is 1. The van der Waals surface area contributed by atoms with Crippen molar-refractivity contribution in [3.63, 3.8) is 0 Å². The van der Waals surface area contributed by atoms with Gasteiger partial charge < -0.3 is 14.6 Å². The van der Waals surface area contributed by atoms with Crippen LogP contribution in [0.5, 0.6) is 11.5 Å². The van der Waals surface area contributed by atoms with Gasteiger partial charge >= 0.3 is 0 Å². The van der Waals surface area contributed by atoms with Crippen molar-refractivity contribution in [1.82, 2.24) is 5.16 Å². The molecule has 4 aromatic rings. The highest BCUT2D eigenvalue weighted by Crippen LogP contribution is 2.49. The molecule has 0 saturated heterocycles. The average Bonchev–Trinajstić information content (AvgIpc) is 3.46. The first-order chi connectivity index (χ1) is 14.7. The smallest absolute Gasteiger partial charge is 0.236 e. The van der Waals surface area contributed by atoms with Gasteiger partial charge in [0, 0.05) is 17.3 Å². The van der Waals surface area contributed by atoms with Gasteiger partial charge in [-0.3, -0.25) is 4.79 Å². The lowest BCUT2D eigenvalue weighted by Gasteiger charge is -2.13. The molecular weight excluding hydrogens is 376 g/mol. The number of nitrogens with one attached hydrogen (secondary N) is 1. The van der Waals surface area contributed by atoms with Crippen LogP contribution >= 0.6 is 0 Å². The van der Waals surface area contributed by atoms with E-state index < -0.39 is 5.41 Å². The van der Waals surface area contributed by atoms with Crippen LogP contribution in [0.3, 0.4) is 0 Å². The number of hydrogen-bond acceptors (Lipinski definition) is 4. The first-order valence-corrected chi connectivity index (χ1v) is 9.90. The molecule has 0 aliphatic heterocycles. The van der Waals surface area contributed by atoms with Crippen molar-refractivity contribution in [2.45, 2.75) is 18.3 Å². The number of hydrogen-bond donors (Lipinski definition) is 1. The van der Waals surface area contributed by atoms with Crippen LogP contribution in [0.2, 0.25) is 0 Å². The largest absolute Gasteiger partial charge is 0.457 e. The molecule has 1 N–H and O–H groups in total. The highest BCUT2D eigenvalue weighted by Gasteiger charge is 2.53. The standard InChI is InChI=1S/C25H20N2O3/c28-24(26-19-11-13-21(14-12-19)29-20-9-5-2-6-10-20)25(15-16-25)23-17-22(30-27-23)18-7-3-1-4-8-18/h1-14,17H,15-16H2,(H,26,28). The van der Waals surface area contributed by atoms with E-state index in [-0.39, 0.29) is 5.91 Å². The fourth-order valence-electron chi connectivity index (χ4n) is 3.45. The summed E-state index contributed by atoms with van der Waals surface area (Å²) in [5.41, 5.74) is 1.73. The Morgan fingerprint density at radius 3 is 2.17 bits per heavy atom. The van der Waals surface area contributed by atoms with Crippen LogP contribution in [0.1, 0.15) is 18.5 Å². The van der Waals surface area contributed by atoms with E-state index in [9.17, 15) is 4.79 Å². The van der Waals surface area contributed by atoms with Crippen molar-refractivity contribution < 1.29 is 14.1 Å². The molecule has 1 amide bonds. The minimum atomic E-state index is -0.615. The van der Waals surface area contributed by atoms with Gasteiger partial charge in [0.2, 0.25) is 5.91 Å². The number of amides is 1. The summed E-state index contributed by atoms with van der Waals surface area (Å²) in [6.45, 7) is 0. The topological polar surface area (TPSA) is 64.4 Å². The number of para-hydroxylation sites is 1. The first-order valence-electron chi connectivity index (χ1n) is 9.90. The van der Waals surface area contributed by atoms with E-state index in [1.807, 2.05) is 91.0 Å². The van der Waals surface area contributed by atoms with E-state index in [4.69, 9.17) is 9.26 Å². The molecule has 3 aromatic carbocycles. The molecule has 1 saturated carbocycles. The SMILES string of the molecule is O=C(Nc1ccc(Oc2ccccc2)cc1)C1(c2cc(-c3ccccc3)on2)CC1. The summed E-state index contributed by atoms with van der Waals surface area (Å²) in [7, 11) is 0. The zero-order valence-corrected chi connectivity index (χ0v) is 16.2. The summed E-state index contributed by atoms with van der Waals surface area (Å²) in [4.78, 5) is 13.0. The third kappa shape index (κ3) is 3.57. The molecule has 30 heavy (non-hydrogen) atoms. The summed E-state index contributed by atoms with van der Waals surface area (Å²) in [5.74, 6) is 2.09. The maximum atomic E-state index is 13.0. The number of aromatic nitrogens is 1. The molecule has 1 fully saturated rings. The molecule has 0 atom stereocenters. The van der Waals surface area contributed by atoms with Crippen LogP contribution in [-0.2, 0) is 10.2 Å². The monoisotopic (exact) mass is 396 g/mol. The van der Waals surface area contributed by atoms with Crippen molar-refractivity contribution in [2.75, 3.05) is 5.32 Å². The fraction of sp³-hybridized carbons (Fsp3) is 0.120. The number of carbonyl (C=O) groups excluding carboxylic acids is 1. The lowest BCUT2D eigenvalue weighted by molar-refractivity contribution is -0.118. The highest BCUT2D eigenvalue weighted by molar-refractivity contribution is 6.01. The van der Waals surface area contributed by atoms with E-state index in [1.54, 1.807) is 0 Å². The molecule has 148 valence electrons. The molecule has 5 heteroatoms. The molecular formula is C25H20N2O3. The van der Waals surface area contributed by atoms with Gasteiger partial charge in [-0.25, -0.2) is 0 Å². The first kappa shape index (κ1) is 18.2. The second kappa shape index (κ2) is 7.52. The predicted molar refractivity (Wildman–Crippen MR) is 114 cm³/mol. The third-order valence-corrected chi connectivity index (χ3v) is 5.33. The van der Waals surface area contributed by atoms with Gasteiger partial charge in [-0.2, -0.15) is 0 Å². The Morgan fingerprint density at radius 1 is 0.867 bits per heavy atom. The Morgan fingerprint density at radius 2 is 1.50 bits per heavy atom. The summed E-state index contributed by atoms with van der Waals surface area (Å²) in [6, 6.07) is 28.6. The number of rotatable bonds is 6. The lowest BCUT2D eigenvalue weighted by Crippen LogP contribution is -2.28. The minimum absolute atomic E-state index is 0.0628. The summed E-state index contributed by atoms with van der Waals surface area (Å²) in [6.07, 6.45) is 1.52. The maximum absolute atomic E-state index is 13.0.